The van der Waals surface area contributed by atoms with E-state index < -0.39 is 0 Å². The van der Waals surface area contributed by atoms with E-state index in [1.807, 2.05) is 31.2 Å². The molecule has 0 radical (unpaired) electrons. The molecule has 0 fully saturated rings. The number of amides is 1. The number of hydrogen-bond donors (Lipinski definition) is 2. The van der Waals surface area contributed by atoms with Crippen molar-refractivity contribution in [2.75, 3.05) is 12.4 Å². The molecule has 0 saturated heterocycles. The summed E-state index contributed by atoms with van der Waals surface area (Å²) >= 11 is 0. The molecule has 2 aromatic rings. The molecule has 1 heterocycles. The predicted octanol–water partition coefficient (Wildman–Crippen LogP) is 2.93. The van der Waals surface area contributed by atoms with E-state index in [0.717, 1.165) is 23.4 Å². The minimum absolute atomic E-state index is 0.219. The zero-order chi connectivity index (χ0) is 17.5. The molecule has 2 rings (SSSR count). The molecule has 1 amide bonds. The number of ether oxygens (including phenoxy) is 1. The van der Waals surface area contributed by atoms with Crippen LogP contribution in [0.1, 0.15) is 42.0 Å². The molecule has 0 bridgehead atoms. The molecule has 0 spiro atoms. The first-order valence-corrected chi connectivity index (χ1v) is 8.05. The van der Waals surface area contributed by atoms with Crippen molar-refractivity contribution in [3.63, 3.8) is 0 Å². The average Bonchev–Trinajstić information content (AvgIpc) is 2.59. The number of nitrogens with zero attached hydrogens (tertiary/aromatic N) is 2. The van der Waals surface area contributed by atoms with Gasteiger partial charge in [-0.05, 0) is 44.0 Å². The molecular formula is C18H24N4O2. The first kappa shape index (κ1) is 17.7. The summed E-state index contributed by atoms with van der Waals surface area (Å²) < 4.78 is 5.12. The molecule has 6 heteroatoms. The molecular weight excluding hydrogens is 304 g/mol. The Morgan fingerprint density at radius 2 is 1.96 bits per heavy atom. The normalized spacial score (nSPS) is 11.7. The first-order chi connectivity index (χ1) is 11.5. The Morgan fingerprint density at radius 1 is 1.25 bits per heavy atom. The fraction of sp³-hybridized carbons (Fsp3) is 0.389. The van der Waals surface area contributed by atoms with Gasteiger partial charge in [-0.15, -0.1) is 0 Å². The quantitative estimate of drug-likeness (QED) is 0.817. The zero-order valence-electron chi connectivity index (χ0n) is 14.6. The highest BCUT2D eigenvalue weighted by Crippen LogP contribution is 2.12. The number of hydrogen-bond acceptors (Lipinski definition) is 5. The van der Waals surface area contributed by atoms with Crippen LogP contribution in [0.3, 0.4) is 0 Å². The third kappa shape index (κ3) is 4.94. The van der Waals surface area contributed by atoms with E-state index in [1.54, 1.807) is 13.2 Å². The van der Waals surface area contributed by atoms with Gasteiger partial charge in [0.1, 0.15) is 11.4 Å². The minimum atomic E-state index is -0.219. The molecule has 6 nitrogen and oxygen atoms in total. The van der Waals surface area contributed by atoms with Crippen molar-refractivity contribution in [3.8, 4) is 5.75 Å². The smallest absolute Gasteiger partial charge is 0.270 e. The molecule has 1 aromatic heterocycles. The highest BCUT2D eigenvalue weighted by Gasteiger charge is 2.11. The van der Waals surface area contributed by atoms with Gasteiger partial charge in [0.2, 0.25) is 5.95 Å². The zero-order valence-corrected chi connectivity index (χ0v) is 14.6. The number of nitrogens with one attached hydrogen (secondary N) is 2. The van der Waals surface area contributed by atoms with Crippen molar-refractivity contribution in [1.82, 2.24) is 15.3 Å². The lowest BCUT2D eigenvalue weighted by atomic mass is 10.2. The summed E-state index contributed by atoms with van der Waals surface area (Å²) in [6.45, 7) is 6.41. The standard InChI is InChI=1S/C18H24N4O2/c1-5-12(2)20-18-21-13(3)10-16(22-18)17(23)19-11-14-6-8-15(24-4)9-7-14/h6-10,12H,5,11H2,1-4H3,(H,19,23)(H,20,21,22). The molecule has 0 aliphatic heterocycles. The van der Waals surface area contributed by atoms with Crippen molar-refractivity contribution in [2.45, 2.75) is 39.8 Å². The maximum absolute atomic E-state index is 12.3. The highest BCUT2D eigenvalue weighted by molar-refractivity contribution is 5.92. The van der Waals surface area contributed by atoms with Gasteiger partial charge in [0.05, 0.1) is 7.11 Å². The number of carbonyl (C=O) groups excluding carboxylic acids is 1. The van der Waals surface area contributed by atoms with Gasteiger partial charge in [-0.2, -0.15) is 0 Å². The Balaban J connectivity index is 2.02. The Labute approximate surface area is 142 Å². The second kappa shape index (κ2) is 8.29. The molecule has 0 saturated carbocycles. The van der Waals surface area contributed by atoms with Crippen molar-refractivity contribution in [1.29, 1.82) is 0 Å². The van der Waals surface area contributed by atoms with Crippen molar-refractivity contribution < 1.29 is 9.53 Å². The Kier molecular flexibility index (Phi) is 6.12. The van der Waals surface area contributed by atoms with Crippen molar-refractivity contribution in [2.24, 2.45) is 0 Å². The van der Waals surface area contributed by atoms with E-state index in [-0.39, 0.29) is 11.9 Å². The lowest BCUT2D eigenvalue weighted by Gasteiger charge is -2.13. The lowest BCUT2D eigenvalue weighted by Crippen LogP contribution is -2.25. The van der Waals surface area contributed by atoms with Crippen LogP contribution in [0.5, 0.6) is 5.75 Å². The van der Waals surface area contributed by atoms with E-state index in [4.69, 9.17) is 4.74 Å². The van der Waals surface area contributed by atoms with E-state index in [9.17, 15) is 4.79 Å². The maximum Gasteiger partial charge on any atom is 0.270 e. The topological polar surface area (TPSA) is 76.1 Å². The second-order valence-electron chi connectivity index (χ2n) is 5.70. The van der Waals surface area contributed by atoms with Crippen LogP contribution in [-0.4, -0.2) is 29.0 Å². The fourth-order valence-corrected chi connectivity index (χ4v) is 2.09. The van der Waals surface area contributed by atoms with Gasteiger partial charge in [0, 0.05) is 18.3 Å². The third-order valence-electron chi connectivity index (χ3n) is 3.69. The summed E-state index contributed by atoms with van der Waals surface area (Å²) in [5, 5.41) is 6.07. The molecule has 2 N–H and O–H groups in total. The van der Waals surface area contributed by atoms with Gasteiger partial charge in [0.15, 0.2) is 0 Å². The lowest BCUT2D eigenvalue weighted by molar-refractivity contribution is 0.0945. The first-order valence-electron chi connectivity index (χ1n) is 8.05. The Hall–Kier alpha value is -2.63. The molecule has 0 aliphatic carbocycles. The molecule has 128 valence electrons. The van der Waals surface area contributed by atoms with Gasteiger partial charge in [-0.1, -0.05) is 19.1 Å². The van der Waals surface area contributed by atoms with E-state index in [0.29, 0.717) is 18.2 Å². The summed E-state index contributed by atoms with van der Waals surface area (Å²) in [5.74, 6) is 1.06. The molecule has 1 atom stereocenters. The number of aryl methyl sites for hydroxylation is 1. The fourth-order valence-electron chi connectivity index (χ4n) is 2.09. The number of rotatable bonds is 7. The van der Waals surface area contributed by atoms with Crippen LogP contribution in [0.25, 0.3) is 0 Å². The van der Waals surface area contributed by atoms with Gasteiger partial charge in [0.25, 0.3) is 5.91 Å². The van der Waals surface area contributed by atoms with Crippen LogP contribution in [-0.2, 0) is 6.54 Å². The van der Waals surface area contributed by atoms with Crippen LogP contribution in [0.15, 0.2) is 30.3 Å². The second-order valence-corrected chi connectivity index (χ2v) is 5.70. The van der Waals surface area contributed by atoms with Crippen LogP contribution in [0.4, 0.5) is 5.95 Å². The summed E-state index contributed by atoms with van der Waals surface area (Å²) in [6.07, 6.45) is 0.955. The predicted molar refractivity (Wildman–Crippen MR) is 94.3 cm³/mol. The maximum atomic E-state index is 12.3. The van der Waals surface area contributed by atoms with E-state index in [2.05, 4.69) is 34.4 Å². The third-order valence-corrected chi connectivity index (χ3v) is 3.69. The minimum Gasteiger partial charge on any atom is -0.497 e. The molecule has 0 aliphatic rings. The number of carbonyl (C=O) groups is 1. The van der Waals surface area contributed by atoms with Gasteiger partial charge in [-0.3, -0.25) is 4.79 Å². The Bertz CT molecular complexity index is 686. The van der Waals surface area contributed by atoms with Crippen molar-refractivity contribution in [3.05, 3.63) is 47.3 Å². The number of methoxy groups -OCH3 is 1. The molecule has 1 unspecified atom stereocenters. The summed E-state index contributed by atoms with van der Waals surface area (Å²) in [5.41, 5.74) is 2.11. The molecule has 1 aromatic carbocycles. The summed E-state index contributed by atoms with van der Waals surface area (Å²) in [7, 11) is 1.62. The van der Waals surface area contributed by atoms with Crippen LogP contribution in [0, 0.1) is 6.92 Å². The van der Waals surface area contributed by atoms with Gasteiger partial charge < -0.3 is 15.4 Å². The number of anilines is 1. The van der Waals surface area contributed by atoms with Gasteiger partial charge >= 0.3 is 0 Å². The monoisotopic (exact) mass is 328 g/mol. The Morgan fingerprint density at radius 3 is 2.58 bits per heavy atom. The summed E-state index contributed by atoms with van der Waals surface area (Å²) in [6, 6.07) is 9.50. The van der Waals surface area contributed by atoms with Crippen molar-refractivity contribution >= 4 is 11.9 Å². The largest absolute Gasteiger partial charge is 0.497 e. The number of benzene rings is 1. The molecule has 24 heavy (non-hydrogen) atoms. The van der Waals surface area contributed by atoms with Crippen LogP contribution in [0.2, 0.25) is 0 Å². The van der Waals surface area contributed by atoms with Crippen LogP contribution >= 0.6 is 0 Å². The highest BCUT2D eigenvalue weighted by atomic mass is 16.5. The van der Waals surface area contributed by atoms with E-state index >= 15 is 0 Å². The SMILES string of the molecule is CCC(C)Nc1nc(C)cc(C(=O)NCc2ccc(OC)cc2)n1. The summed E-state index contributed by atoms with van der Waals surface area (Å²) in [4.78, 5) is 21.0. The van der Waals surface area contributed by atoms with Crippen LogP contribution < -0.4 is 15.4 Å². The average molecular weight is 328 g/mol. The van der Waals surface area contributed by atoms with E-state index in [1.165, 1.54) is 0 Å². The van der Waals surface area contributed by atoms with Gasteiger partial charge in [-0.25, -0.2) is 9.97 Å². The number of aromatic nitrogens is 2.